The van der Waals surface area contributed by atoms with E-state index >= 15 is 0 Å². The van der Waals surface area contributed by atoms with E-state index in [1.807, 2.05) is 23.1 Å². The Morgan fingerprint density at radius 3 is 2.62 bits per heavy atom. The van der Waals surface area contributed by atoms with Gasteiger partial charge in [0.1, 0.15) is 5.75 Å². The minimum Gasteiger partial charge on any atom is -0.476 e. The quantitative estimate of drug-likeness (QED) is 0.663. The second kappa shape index (κ2) is 10.1. The molecule has 1 heterocycles. The number of esters is 1. The van der Waals surface area contributed by atoms with E-state index in [1.54, 1.807) is 13.8 Å². The molecule has 6 heteroatoms. The zero-order chi connectivity index (χ0) is 23.3. The largest absolute Gasteiger partial charge is 0.476 e. The van der Waals surface area contributed by atoms with Crippen LogP contribution in [-0.4, -0.2) is 42.7 Å². The number of amides is 2. The highest BCUT2D eigenvalue weighted by atomic mass is 16.6. The molecule has 1 unspecified atom stereocenters. The number of hydrogen-bond donors (Lipinski definition) is 1. The van der Waals surface area contributed by atoms with Crippen molar-refractivity contribution in [1.29, 1.82) is 0 Å². The van der Waals surface area contributed by atoms with Gasteiger partial charge in [0, 0.05) is 25.6 Å². The van der Waals surface area contributed by atoms with Gasteiger partial charge in [-0.3, -0.25) is 0 Å². The van der Waals surface area contributed by atoms with Crippen LogP contribution in [0.15, 0.2) is 42.5 Å². The molecular weight excluding hydrogens is 404 g/mol. The van der Waals surface area contributed by atoms with Crippen LogP contribution >= 0.6 is 0 Å². The van der Waals surface area contributed by atoms with Gasteiger partial charge in [-0.05, 0) is 74.9 Å². The number of hydrogen-bond acceptors (Lipinski definition) is 4. The zero-order valence-corrected chi connectivity index (χ0v) is 19.7. The Balaban J connectivity index is 1.62. The van der Waals surface area contributed by atoms with Crippen molar-refractivity contribution in [2.45, 2.75) is 58.6 Å². The van der Waals surface area contributed by atoms with Gasteiger partial charge in [-0.25, -0.2) is 9.59 Å². The topological polar surface area (TPSA) is 67.9 Å². The summed E-state index contributed by atoms with van der Waals surface area (Å²) in [5.41, 5.74) is 3.62. The van der Waals surface area contributed by atoms with Crippen molar-refractivity contribution < 1.29 is 19.1 Å². The molecule has 0 spiro atoms. The maximum atomic E-state index is 12.8. The summed E-state index contributed by atoms with van der Waals surface area (Å²) in [6.45, 7) is 9.47. The molecule has 0 aliphatic carbocycles. The van der Waals surface area contributed by atoms with E-state index in [9.17, 15) is 9.59 Å². The smallest absolute Gasteiger partial charge is 0.349 e. The Kier molecular flexibility index (Phi) is 7.44. The average molecular weight is 439 g/mol. The van der Waals surface area contributed by atoms with Crippen molar-refractivity contribution >= 4 is 12.0 Å². The molecule has 1 aliphatic heterocycles. The number of aryl methyl sites for hydroxylation is 2. The predicted octanol–water partition coefficient (Wildman–Crippen LogP) is 4.72. The number of ether oxygens (including phenoxy) is 2. The van der Waals surface area contributed by atoms with Crippen LogP contribution in [0.1, 0.15) is 54.9 Å². The summed E-state index contributed by atoms with van der Waals surface area (Å²) in [6.07, 6.45) is 1.95. The third-order valence-electron chi connectivity index (χ3n) is 6.10. The summed E-state index contributed by atoms with van der Waals surface area (Å²) in [6, 6.07) is 14.0. The number of methoxy groups -OCH3 is 1. The zero-order valence-electron chi connectivity index (χ0n) is 19.7. The lowest BCUT2D eigenvalue weighted by Crippen LogP contribution is -2.44. The maximum absolute atomic E-state index is 12.8. The lowest BCUT2D eigenvalue weighted by molar-refractivity contribution is -0.156. The molecule has 0 aromatic heterocycles. The summed E-state index contributed by atoms with van der Waals surface area (Å²) in [7, 11) is 1.35. The second-order valence-electron chi connectivity index (χ2n) is 9.04. The predicted molar refractivity (Wildman–Crippen MR) is 125 cm³/mol. The minimum absolute atomic E-state index is 0.0350. The van der Waals surface area contributed by atoms with Gasteiger partial charge in [-0.15, -0.1) is 0 Å². The molecule has 2 aromatic carbocycles. The molecule has 1 atom stereocenters. The van der Waals surface area contributed by atoms with E-state index in [0.29, 0.717) is 18.8 Å². The van der Waals surface area contributed by atoms with Gasteiger partial charge in [0.05, 0.1) is 7.11 Å². The van der Waals surface area contributed by atoms with Crippen LogP contribution in [0.5, 0.6) is 5.75 Å². The molecular formula is C26H34N2O4. The number of nitrogens with zero attached hydrogens (tertiary/aromatic N) is 1. The Hall–Kier alpha value is -3.02. The first-order valence-corrected chi connectivity index (χ1v) is 11.2. The minimum atomic E-state index is -1.07. The number of benzene rings is 2. The first-order chi connectivity index (χ1) is 15.2. The number of nitrogens with one attached hydrogen (secondary N) is 1. The number of urea groups is 1. The summed E-state index contributed by atoms with van der Waals surface area (Å²) in [5.74, 6) is 0.419. The van der Waals surface area contributed by atoms with Gasteiger partial charge in [-0.2, -0.15) is 0 Å². The summed E-state index contributed by atoms with van der Waals surface area (Å²) in [5, 5.41) is 3.06. The average Bonchev–Trinajstić information content (AvgIpc) is 2.79. The Morgan fingerprint density at radius 1 is 1.12 bits per heavy atom. The number of piperidine rings is 1. The Bertz CT molecular complexity index is 970. The number of carbonyl (C=O) groups is 2. The molecule has 0 saturated carbocycles. The van der Waals surface area contributed by atoms with Gasteiger partial charge < -0.3 is 19.7 Å². The third kappa shape index (κ3) is 5.81. The molecule has 32 heavy (non-hydrogen) atoms. The highest BCUT2D eigenvalue weighted by molar-refractivity contribution is 5.78. The van der Waals surface area contributed by atoms with Crippen LogP contribution in [0.2, 0.25) is 0 Å². The summed E-state index contributed by atoms with van der Waals surface area (Å²) >= 11 is 0. The van der Waals surface area contributed by atoms with Crippen LogP contribution in [0.3, 0.4) is 0 Å². The molecule has 3 rings (SSSR count). The van der Waals surface area contributed by atoms with Crippen LogP contribution < -0.4 is 10.1 Å². The van der Waals surface area contributed by atoms with E-state index in [-0.39, 0.29) is 11.9 Å². The van der Waals surface area contributed by atoms with E-state index in [1.165, 1.54) is 18.2 Å². The normalized spacial score (nSPS) is 16.4. The van der Waals surface area contributed by atoms with Crippen molar-refractivity contribution in [3.63, 3.8) is 0 Å². The van der Waals surface area contributed by atoms with E-state index in [0.717, 1.165) is 30.5 Å². The lowest BCUT2D eigenvalue weighted by atomic mass is 9.90. The van der Waals surface area contributed by atoms with E-state index in [2.05, 4.69) is 43.4 Å². The fourth-order valence-electron chi connectivity index (χ4n) is 4.05. The SMILES string of the molecule is COC(=O)C(C)(C)Oc1cccc(C2CCCN(C(=O)NCc3ccc(C)c(C)c3)C2)c1. The molecule has 172 valence electrons. The van der Waals surface area contributed by atoms with Crippen molar-refractivity contribution in [2.75, 3.05) is 20.2 Å². The van der Waals surface area contributed by atoms with Crippen molar-refractivity contribution in [1.82, 2.24) is 10.2 Å². The number of likely N-dealkylation sites (tertiary alicyclic amines) is 1. The molecule has 1 fully saturated rings. The van der Waals surface area contributed by atoms with E-state index < -0.39 is 11.6 Å². The monoisotopic (exact) mass is 438 g/mol. The van der Waals surface area contributed by atoms with Gasteiger partial charge in [-0.1, -0.05) is 30.3 Å². The van der Waals surface area contributed by atoms with Crippen molar-refractivity contribution in [3.8, 4) is 5.75 Å². The molecule has 0 bridgehead atoms. The fourth-order valence-corrected chi connectivity index (χ4v) is 4.05. The molecule has 2 aromatic rings. The van der Waals surface area contributed by atoms with Crippen molar-refractivity contribution in [3.05, 3.63) is 64.7 Å². The molecule has 2 amide bonds. The van der Waals surface area contributed by atoms with Gasteiger partial charge >= 0.3 is 12.0 Å². The Morgan fingerprint density at radius 2 is 1.91 bits per heavy atom. The fraction of sp³-hybridized carbons (Fsp3) is 0.462. The van der Waals surface area contributed by atoms with Crippen LogP contribution in [-0.2, 0) is 16.1 Å². The first kappa shape index (κ1) is 23.6. The summed E-state index contributed by atoms with van der Waals surface area (Å²) in [4.78, 5) is 26.6. The molecule has 0 radical (unpaired) electrons. The summed E-state index contributed by atoms with van der Waals surface area (Å²) < 4.78 is 10.7. The lowest BCUT2D eigenvalue weighted by Gasteiger charge is -2.33. The Labute approximate surface area is 190 Å². The number of carbonyl (C=O) groups excluding carboxylic acids is 2. The highest BCUT2D eigenvalue weighted by Crippen LogP contribution is 2.30. The van der Waals surface area contributed by atoms with E-state index in [4.69, 9.17) is 9.47 Å². The van der Waals surface area contributed by atoms with Gasteiger partial charge in [0.15, 0.2) is 5.60 Å². The second-order valence-corrected chi connectivity index (χ2v) is 9.04. The molecule has 1 aliphatic rings. The highest BCUT2D eigenvalue weighted by Gasteiger charge is 2.31. The first-order valence-electron chi connectivity index (χ1n) is 11.2. The maximum Gasteiger partial charge on any atom is 0.349 e. The van der Waals surface area contributed by atoms with Crippen LogP contribution in [0, 0.1) is 13.8 Å². The van der Waals surface area contributed by atoms with Crippen LogP contribution in [0.25, 0.3) is 0 Å². The molecule has 1 saturated heterocycles. The van der Waals surface area contributed by atoms with Crippen molar-refractivity contribution in [2.24, 2.45) is 0 Å². The van der Waals surface area contributed by atoms with Crippen LogP contribution in [0.4, 0.5) is 4.79 Å². The third-order valence-corrected chi connectivity index (χ3v) is 6.10. The number of rotatable bonds is 6. The standard InChI is InChI=1S/C26H34N2O4/c1-18-11-12-20(14-19(18)2)16-27-25(30)28-13-7-9-22(17-28)21-8-6-10-23(15-21)32-26(3,4)24(29)31-5/h6,8,10-12,14-15,22H,7,9,13,16-17H2,1-5H3,(H,27,30). The van der Waals surface area contributed by atoms with Gasteiger partial charge in [0.2, 0.25) is 0 Å². The van der Waals surface area contributed by atoms with Gasteiger partial charge in [0.25, 0.3) is 0 Å². The molecule has 1 N–H and O–H groups in total. The molecule has 6 nitrogen and oxygen atoms in total.